The van der Waals surface area contributed by atoms with E-state index in [9.17, 15) is 14.0 Å². The Morgan fingerprint density at radius 1 is 1.23 bits per heavy atom. The number of halogens is 1. The number of hydrogen-bond acceptors (Lipinski definition) is 5. The molecule has 3 rings (SSSR count). The lowest BCUT2D eigenvalue weighted by Crippen LogP contribution is -2.19. The van der Waals surface area contributed by atoms with E-state index < -0.39 is 0 Å². The van der Waals surface area contributed by atoms with Crippen LogP contribution in [-0.4, -0.2) is 31.4 Å². The number of carbonyl (C=O) groups is 1. The molecule has 0 aliphatic heterocycles. The van der Waals surface area contributed by atoms with Crippen molar-refractivity contribution in [3.8, 4) is 5.95 Å². The number of H-pyrrole nitrogens is 1. The molecule has 134 valence electrons. The van der Waals surface area contributed by atoms with Gasteiger partial charge in [0.15, 0.2) is 0 Å². The van der Waals surface area contributed by atoms with Crippen LogP contribution in [0.25, 0.3) is 5.95 Å². The summed E-state index contributed by atoms with van der Waals surface area (Å²) in [4.78, 5) is 31.5. The number of benzene rings is 1. The monoisotopic (exact) mass is 373 g/mol. The van der Waals surface area contributed by atoms with Crippen molar-refractivity contribution >= 4 is 23.5 Å². The largest absolute Gasteiger partial charge is 0.310 e. The summed E-state index contributed by atoms with van der Waals surface area (Å²) >= 11 is 1.29. The van der Waals surface area contributed by atoms with Gasteiger partial charge in [-0.05, 0) is 38.1 Å². The molecule has 0 atom stereocenters. The van der Waals surface area contributed by atoms with Crippen molar-refractivity contribution in [2.45, 2.75) is 18.7 Å². The van der Waals surface area contributed by atoms with Gasteiger partial charge in [-0.3, -0.25) is 14.6 Å². The Hall–Kier alpha value is -2.94. The first kappa shape index (κ1) is 17.9. The minimum absolute atomic E-state index is 0.146. The zero-order chi connectivity index (χ0) is 18.7. The Morgan fingerprint density at radius 3 is 2.65 bits per heavy atom. The van der Waals surface area contributed by atoms with Crippen LogP contribution in [0.15, 0.2) is 46.1 Å². The van der Waals surface area contributed by atoms with Crippen LogP contribution in [0.1, 0.15) is 11.4 Å². The molecule has 0 aliphatic carbocycles. The van der Waals surface area contributed by atoms with Crippen LogP contribution in [0.5, 0.6) is 0 Å². The van der Waals surface area contributed by atoms with Gasteiger partial charge in [0.1, 0.15) is 11.6 Å². The summed E-state index contributed by atoms with van der Waals surface area (Å²) in [6.45, 7) is 3.47. The number of nitrogens with zero attached hydrogens (tertiary/aromatic N) is 3. The van der Waals surface area contributed by atoms with E-state index >= 15 is 0 Å². The molecule has 0 aliphatic rings. The summed E-state index contributed by atoms with van der Waals surface area (Å²) in [5.74, 6) is 0.201. The molecule has 0 saturated heterocycles. The van der Waals surface area contributed by atoms with Gasteiger partial charge in [0, 0.05) is 22.7 Å². The average Bonchev–Trinajstić information content (AvgIpc) is 2.94. The first-order valence-corrected chi connectivity index (χ1v) is 8.72. The van der Waals surface area contributed by atoms with Crippen molar-refractivity contribution in [1.29, 1.82) is 0 Å². The van der Waals surface area contributed by atoms with Crippen LogP contribution in [0.2, 0.25) is 0 Å². The maximum Gasteiger partial charge on any atom is 0.252 e. The Labute approximate surface area is 152 Å². The number of aromatic nitrogens is 4. The van der Waals surface area contributed by atoms with Crippen molar-refractivity contribution in [1.82, 2.24) is 19.7 Å². The maximum atomic E-state index is 12.9. The molecular formula is C17H16FN5O2S. The predicted octanol–water partition coefficient (Wildman–Crippen LogP) is 2.44. The van der Waals surface area contributed by atoms with Crippen LogP contribution >= 0.6 is 11.8 Å². The van der Waals surface area contributed by atoms with E-state index in [1.807, 2.05) is 0 Å². The Kier molecular flexibility index (Phi) is 5.17. The Balaban J connectivity index is 1.74. The number of amides is 1. The van der Waals surface area contributed by atoms with Crippen molar-refractivity contribution in [2.24, 2.45) is 0 Å². The molecular weight excluding hydrogens is 357 g/mol. The van der Waals surface area contributed by atoms with Gasteiger partial charge in [-0.25, -0.2) is 9.37 Å². The molecule has 3 aromatic rings. The van der Waals surface area contributed by atoms with Crippen LogP contribution in [-0.2, 0) is 4.79 Å². The average molecular weight is 373 g/mol. The van der Waals surface area contributed by atoms with Crippen LogP contribution in [0, 0.1) is 19.7 Å². The van der Waals surface area contributed by atoms with Crippen molar-refractivity contribution in [2.75, 3.05) is 11.1 Å². The quantitative estimate of drug-likeness (QED) is 0.670. The van der Waals surface area contributed by atoms with Crippen molar-refractivity contribution < 1.29 is 9.18 Å². The summed E-state index contributed by atoms with van der Waals surface area (Å²) in [5, 5.41) is 7.02. The third-order valence-electron chi connectivity index (χ3n) is 3.34. The Bertz CT molecular complexity index is 997. The first-order chi connectivity index (χ1) is 12.4. The van der Waals surface area contributed by atoms with Crippen molar-refractivity contribution in [3.05, 3.63) is 64.0 Å². The molecule has 1 amide bonds. The SMILES string of the molecule is Cc1cc(=O)[nH]c(-n2nc(C)cc2NC(=O)CSc2ccc(F)cc2)n1. The highest BCUT2D eigenvalue weighted by Gasteiger charge is 2.13. The van der Waals surface area contributed by atoms with E-state index in [4.69, 9.17) is 0 Å². The highest BCUT2D eigenvalue weighted by Crippen LogP contribution is 2.19. The maximum absolute atomic E-state index is 12.9. The molecule has 9 heteroatoms. The minimum atomic E-state index is -0.321. The first-order valence-electron chi connectivity index (χ1n) is 7.74. The molecule has 0 spiro atoms. The molecule has 26 heavy (non-hydrogen) atoms. The molecule has 1 aromatic carbocycles. The second-order valence-corrected chi connectivity index (χ2v) is 6.63. The lowest BCUT2D eigenvalue weighted by atomic mass is 10.4. The third-order valence-corrected chi connectivity index (χ3v) is 4.35. The lowest BCUT2D eigenvalue weighted by molar-refractivity contribution is -0.113. The number of hydrogen-bond donors (Lipinski definition) is 2. The summed E-state index contributed by atoms with van der Waals surface area (Å²) in [6, 6.07) is 8.98. The topological polar surface area (TPSA) is 92.7 Å². The van der Waals surface area contributed by atoms with Gasteiger partial charge in [-0.2, -0.15) is 9.78 Å². The van der Waals surface area contributed by atoms with E-state index in [-0.39, 0.29) is 29.0 Å². The summed E-state index contributed by atoms with van der Waals surface area (Å²) in [5.41, 5.74) is 0.904. The standard InChI is InChI=1S/C17H16FN5O2S/c1-10-8-15(24)21-17(19-10)23-14(7-11(2)22-23)20-16(25)9-26-13-5-3-12(18)4-6-13/h3-8H,9H2,1-2H3,(H,20,25)(H,19,21,24). The summed E-state index contributed by atoms with van der Waals surface area (Å²) in [7, 11) is 0. The summed E-state index contributed by atoms with van der Waals surface area (Å²) < 4.78 is 14.3. The number of thioether (sulfide) groups is 1. The van der Waals surface area contributed by atoms with Gasteiger partial charge in [0.2, 0.25) is 11.9 Å². The zero-order valence-electron chi connectivity index (χ0n) is 14.1. The van der Waals surface area contributed by atoms with Crippen LogP contribution in [0.4, 0.5) is 10.2 Å². The van der Waals surface area contributed by atoms with E-state index in [0.29, 0.717) is 17.2 Å². The van der Waals surface area contributed by atoms with E-state index in [1.54, 1.807) is 32.0 Å². The molecule has 0 bridgehead atoms. The fraction of sp³-hybridized carbons (Fsp3) is 0.176. The number of nitrogens with one attached hydrogen (secondary N) is 2. The highest BCUT2D eigenvalue weighted by molar-refractivity contribution is 8.00. The van der Waals surface area contributed by atoms with E-state index in [0.717, 1.165) is 4.90 Å². The number of aryl methyl sites for hydroxylation is 2. The summed E-state index contributed by atoms with van der Waals surface area (Å²) in [6.07, 6.45) is 0. The second kappa shape index (κ2) is 7.52. The highest BCUT2D eigenvalue weighted by atomic mass is 32.2. The van der Waals surface area contributed by atoms with E-state index in [2.05, 4.69) is 20.4 Å². The third kappa shape index (κ3) is 4.37. The number of rotatable bonds is 5. The fourth-order valence-electron chi connectivity index (χ4n) is 2.27. The molecule has 0 saturated carbocycles. The van der Waals surface area contributed by atoms with Gasteiger partial charge in [0.05, 0.1) is 11.4 Å². The molecule has 0 radical (unpaired) electrons. The zero-order valence-corrected chi connectivity index (χ0v) is 14.9. The molecule has 2 N–H and O–H groups in total. The van der Waals surface area contributed by atoms with Gasteiger partial charge < -0.3 is 5.32 Å². The second-order valence-electron chi connectivity index (χ2n) is 5.58. The van der Waals surface area contributed by atoms with Gasteiger partial charge in [-0.15, -0.1) is 11.8 Å². The Morgan fingerprint density at radius 2 is 1.96 bits per heavy atom. The smallest absolute Gasteiger partial charge is 0.252 e. The van der Waals surface area contributed by atoms with Crippen LogP contribution in [0.3, 0.4) is 0 Å². The minimum Gasteiger partial charge on any atom is -0.310 e. The molecule has 0 unspecified atom stereocenters. The van der Waals surface area contributed by atoms with Gasteiger partial charge >= 0.3 is 0 Å². The van der Waals surface area contributed by atoms with Gasteiger partial charge in [-0.1, -0.05) is 0 Å². The van der Waals surface area contributed by atoms with Gasteiger partial charge in [0.25, 0.3) is 5.56 Å². The molecule has 2 aromatic heterocycles. The number of aromatic amines is 1. The molecule has 0 fully saturated rings. The number of anilines is 1. The van der Waals surface area contributed by atoms with Crippen molar-refractivity contribution in [3.63, 3.8) is 0 Å². The van der Waals surface area contributed by atoms with Crippen LogP contribution < -0.4 is 10.9 Å². The predicted molar refractivity (Wildman–Crippen MR) is 97.2 cm³/mol. The normalized spacial score (nSPS) is 10.7. The number of carbonyl (C=O) groups excluding carboxylic acids is 1. The fourth-order valence-corrected chi connectivity index (χ4v) is 2.97. The van der Waals surface area contributed by atoms with E-state index in [1.165, 1.54) is 34.6 Å². The lowest BCUT2D eigenvalue weighted by Gasteiger charge is -2.08. The molecule has 2 heterocycles. The molecule has 7 nitrogen and oxygen atoms in total.